The van der Waals surface area contributed by atoms with E-state index in [2.05, 4.69) is 10.3 Å². The highest BCUT2D eigenvalue weighted by Crippen LogP contribution is 2.31. The number of hydrogen-bond donors (Lipinski definition) is 1. The molecule has 2 aliphatic heterocycles. The summed E-state index contributed by atoms with van der Waals surface area (Å²) in [6.45, 7) is 0.0389. The molecule has 11 nitrogen and oxygen atoms in total. The van der Waals surface area contributed by atoms with Crippen LogP contribution in [0.25, 0.3) is 0 Å². The van der Waals surface area contributed by atoms with Crippen molar-refractivity contribution in [1.29, 1.82) is 0 Å². The van der Waals surface area contributed by atoms with Gasteiger partial charge >= 0.3 is 0 Å². The molecule has 0 spiro atoms. The molecule has 41 heavy (non-hydrogen) atoms. The smallest absolute Gasteiger partial charge is 0.269 e. The Labute approximate surface area is 238 Å². The van der Waals surface area contributed by atoms with E-state index in [1.54, 1.807) is 42.5 Å². The van der Waals surface area contributed by atoms with Crippen LogP contribution in [-0.2, 0) is 30.9 Å². The van der Waals surface area contributed by atoms with Gasteiger partial charge in [-0.15, -0.1) is 0 Å². The lowest BCUT2D eigenvalue weighted by molar-refractivity contribution is -0.141. The van der Waals surface area contributed by atoms with Crippen molar-refractivity contribution in [2.45, 2.75) is 36.4 Å². The number of rotatable bonds is 10. The number of sulfonamides is 1. The molecule has 0 aliphatic carbocycles. The van der Waals surface area contributed by atoms with Gasteiger partial charge in [-0.1, -0.05) is 24.3 Å². The molecule has 0 saturated carbocycles. The van der Waals surface area contributed by atoms with Gasteiger partial charge in [-0.3, -0.25) is 19.4 Å². The third kappa shape index (κ3) is 5.93. The van der Waals surface area contributed by atoms with E-state index >= 15 is 0 Å². The lowest BCUT2D eigenvalue weighted by atomic mass is 10.0. The highest BCUT2D eigenvalue weighted by Gasteiger charge is 2.43. The molecule has 2 atom stereocenters. The van der Waals surface area contributed by atoms with Crippen molar-refractivity contribution >= 4 is 27.7 Å². The molecular weight excluding hydrogens is 548 g/mol. The second kappa shape index (κ2) is 12.1. The maximum atomic E-state index is 14.0. The van der Waals surface area contributed by atoms with E-state index in [1.165, 1.54) is 42.6 Å². The minimum absolute atomic E-state index is 0.000337. The maximum absolute atomic E-state index is 14.0. The normalized spacial score (nSPS) is 18.0. The van der Waals surface area contributed by atoms with Crippen molar-refractivity contribution in [3.63, 3.8) is 0 Å². The number of methoxy groups -OCH3 is 1. The van der Waals surface area contributed by atoms with Crippen LogP contribution in [-0.4, -0.2) is 73.2 Å². The summed E-state index contributed by atoms with van der Waals surface area (Å²) in [4.78, 5) is 46.1. The Morgan fingerprint density at radius 3 is 2.63 bits per heavy atom. The van der Waals surface area contributed by atoms with Crippen molar-refractivity contribution in [3.8, 4) is 5.75 Å². The molecule has 214 valence electrons. The number of benzene rings is 2. The van der Waals surface area contributed by atoms with E-state index in [0.29, 0.717) is 27.8 Å². The van der Waals surface area contributed by atoms with Gasteiger partial charge in [-0.25, -0.2) is 12.7 Å². The third-order valence-corrected chi connectivity index (χ3v) is 8.90. The quantitative estimate of drug-likeness (QED) is 0.387. The van der Waals surface area contributed by atoms with Crippen LogP contribution in [0, 0.1) is 0 Å². The summed E-state index contributed by atoms with van der Waals surface area (Å²) < 4.78 is 38.0. The average Bonchev–Trinajstić information content (AvgIpc) is 3.58. The summed E-state index contributed by atoms with van der Waals surface area (Å²) in [5, 5.41) is 2.90. The predicted octanol–water partition coefficient (Wildman–Crippen LogP) is 2.30. The van der Waals surface area contributed by atoms with Gasteiger partial charge in [0.05, 0.1) is 18.8 Å². The highest BCUT2D eigenvalue weighted by molar-refractivity contribution is 7.90. The van der Waals surface area contributed by atoms with Crippen LogP contribution in [0.4, 0.5) is 0 Å². The summed E-state index contributed by atoms with van der Waals surface area (Å²) in [6, 6.07) is 14.9. The van der Waals surface area contributed by atoms with Gasteiger partial charge in [-0.05, 0) is 60.4 Å². The van der Waals surface area contributed by atoms with E-state index in [9.17, 15) is 22.8 Å². The Morgan fingerprint density at radius 2 is 1.93 bits per heavy atom. The first-order valence-electron chi connectivity index (χ1n) is 13.2. The first kappa shape index (κ1) is 28.2. The zero-order valence-electron chi connectivity index (χ0n) is 22.4. The Kier molecular flexibility index (Phi) is 8.31. The van der Waals surface area contributed by atoms with Crippen molar-refractivity contribution < 1.29 is 32.3 Å². The van der Waals surface area contributed by atoms with Crippen molar-refractivity contribution in [1.82, 2.24) is 19.5 Å². The molecule has 5 rings (SSSR count). The summed E-state index contributed by atoms with van der Waals surface area (Å²) >= 11 is 0. The van der Waals surface area contributed by atoms with E-state index in [0.717, 1.165) is 12.8 Å². The van der Waals surface area contributed by atoms with Crippen molar-refractivity contribution in [2.75, 3.05) is 26.8 Å². The molecule has 1 aromatic heterocycles. The molecule has 0 radical (unpaired) electrons. The number of carbonyl (C=O) groups is 3. The molecule has 12 heteroatoms. The molecule has 3 amide bonds. The van der Waals surface area contributed by atoms with Gasteiger partial charge in [0, 0.05) is 32.1 Å². The average molecular weight is 579 g/mol. The van der Waals surface area contributed by atoms with Gasteiger partial charge in [0.15, 0.2) is 0 Å². The van der Waals surface area contributed by atoms with E-state index in [-0.39, 0.29) is 29.7 Å². The minimum atomic E-state index is -4.25. The van der Waals surface area contributed by atoms with E-state index < -0.39 is 40.3 Å². The minimum Gasteiger partial charge on any atom is -0.497 e. The second-order valence-corrected chi connectivity index (χ2v) is 11.6. The number of pyridine rings is 1. The molecular formula is C29H30N4O7S. The Morgan fingerprint density at radius 1 is 1.15 bits per heavy atom. The zero-order valence-corrected chi connectivity index (χ0v) is 23.2. The Balaban J connectivity index is 1.50. The monoisotopic (exact) mass is 578 g/mol. The second-order valence-electron chi connectivity index (χ2n) is 9.75. The lowest BCUT2D eigenvalue weighted by Gasteiger charge is -2.33. The molecule has 0 bridgehead atoms. The number of amides is 3. The fraction of sp³-hybridized carbons (Fsp3) is 0.310. The van der Waals surface area contributed by atoms with Gasteiger partial charge in [-0.2, -0.15) is 0 Å². The van der Waals surface area contributed by atoms with Crippen LogP contribution >= 0.6 is 0 Å². The van der Waals surface area contributed by atoms with Crippen LogP contribution < -0.4 is 10.1 Å². The first-order chi connectivity index (χ1) is 19.8. The zero-order chi connectivity index (χ0) is 29.0. The highest BCUT2D eigenvalue weighted by atomic mass is 32.2. The Bertz CT molecular complexity index is 1540. The van der Waals surface area contributed by atoms with E-state index in [4.69, 9.17) is 9.47 Å². The number of nitrogens with one attached hydrogen (secondary N) is 1. The van der Waals surface area contributed by atoms with Crippen LogP contribution in [0.1, 0.15) is 40.4 Å². The molecule has 1 saturated heterocycles. The number of ether oxygens (including phenoxy) is 2. The fourth-order valence-electron chi connectivity index (χ4n) is 5.03. The van der Waals surface area contributed by atoms with Crippen molar-refractivity contribution in [2.24, 2.45) is 0 Å². The third-order valence-electron chi connectivity index (χ3n) is 7.11. The van der Waals surface area contributed by atoms with Gasteiger partial charge < -0.3 is 19.7 Å². The maximum Gasteiger partial charge on any atom is 0.269 e. The number of carbonyl (C=O) groups excluding carboxylic acids is 3. The molecule has 2 aromatic carbocycles. The topological polar surface area (TPSA) is 135 Å². The summed E-state index contributed by atoms with van der Waals surface area (Å²) in [6.07, 6.45) is 4.59. The molecule has 1 fully saturated rings. The summed E-state index contributed by atoms with van der Waals surface area (Å²) in [5.74, 6) is -1.45. The lowest BCUT2D eigenvalue weighted by Crippen LogP contribution is -2.48. The van der Waals surface area contributed by atoms with Gasteiger partial charge in [0.1, 0.15) is 23.2 Å². The first-order valence-corrected chi connectivity index (χ1v) is 14.6. The molecule has 0 unspecified atom stereocenters. The molecule has 1 N–H and O–H groups in total. The number of hydrogen-bond acceptors (Lipinski definition) is 8. The van der Waals surface area contributed by atoms with Gasteiger partial charge in [0.25, 0.3) is 15.9 Å². The largest absolute Gasteiger partial charge is 0.497 e. The molecule has 3 aromatic rings. The predicted molar refractivity (Wildman–Crippen MR) is 147 cm³/mol. The Hall–Kier alpha value is -4.29. The number of fused-ring (bicyclic) bond motifs is 1. The fourth-order valence-corrected chi connectivity index (χ4v) is 6.55. The van der Waals surface area contributed by atoms with E-state index in [1.807, 2.05) is 0 Å². The SMILES string of the molecule is COc1cccc(CN(C(=O)CN2C(=O)c3ccccc3S2(=O)=O)[C@@H](C(=O)NC[C@@H]2CCCO2)c2ccncc2)c1. The van der Waals surface area contributed by atoms with Gasteiger partial charge in [0.2, 0.25) is 11.8 Å². The number of aromatic nitrogens is 1. The van der Waals surface area contributed by atoms with Crippen LogP contribution in [0.5, 0.6) is 5.75 Å². The van der Waals surface area contributed by atoms with Crippen LogP contribution in [0.15, 0.2) is 78.0 Å². The van der Waals surface area contributed by atoms with Crippen LogP contribution in [0.3, 0.4) is 0 Å². The molecule has 2 aliphatic rings. The van der Waals surface area contributed by atoms with Crippen molar-refractivity contribution in [3.05, 3.63) is 89.7 Å². The van der Waals surface area contributed by atoms with Crippen LogP contribution in [0.2, 0.25) is 0 Å². The molecule has 3 heterocycles. The summed E-state index contributed by atoms with van der Waals surface area (Å²) in [7, 11) is -2.73. The standard InChI is InChI=1S/C29H30N4O7S/c1-39-22-7-4-6-20(16-22)18-32(26(34)19-33-29(36)24-9-2-3-10-25(24)41(33,37)38)27(21-11-13-30-14-12-21)28(35)31-17-23-8-5-15-40-23/h2-4,6-7,9-14,16,23,27H,5,8,15,17-19H2,1H3,(H,31,35)/t23-,27+/m0/s1. The number of nitrogens with zero attached hydrogens (tertiary/aromatic N) is 3. The summed E-state index contributed by atoms with van der Waals surface area (Å²) in [5.41, 5.74) is 1.11.